The van der Waals surface area contributed by atoms with Crippen LogP contribution in [0.3, 0.4) is 0 Å². The van der Waals surface area contributed by atoms with Gasteiger partial charge < -0.3 is 11.1 Å². The van der Waals surface area contributed by atoms with Gasteiger partial charge in [0.15, 0.2) is 0 Å². The van der Waals surface area contributed by atoms with Gasteiger partial charge in [-0.25, -0.2) is 4.39 Å². The fourth-order valence-electron chi connectivity index (χ4n) is 1.72. The van der Waals surface area contributed by atoms with Gasteiger partial charge in [-0.05, 0) is 46.3 Å². The summed E-state index contributed by atoms with van der Waals surface area (Å²) >= 11 is 2.99. The van der Waals surface area contributed by atoms with Gasteiger partial charge in [-0.1, -0.05) is 6.07 Å². The van der Waals surface area contributed by atoms with Crippen LogP contribution < -0.4 is 11.1 Å². The maximum absolute atomic E-state index is 13.1. The lowest BCUT2D eigenvalue weighted by Crippen LogP contribution is -2.15. The molecule has 1 amide bonds. The van der Waals surface area contributed by atoms with E-state index in [4.69, 9.17) is 5.73 Å². The third-order valence-corrected chi connectivity index (χ3v) is 3.28. The fourth-order valence-corrected chi connectivity index (χ4v) is 2.10. The number of nitro groups is 1. The maximum Gasteiger partial charge on any atom is 0.304 e. The summed E-state index contributed by atoms with van der Waals surface area (Å²) in [6.07, 6.45) is 0. The quantitative estimate of drug-likeness (QED) is 0.502. The maximum atomic E-state index is 13.1. The molecule has 21 heavy (non-hydrogen) atoms. The van der Waals surface area contributed by atoms with Crippen LogP contribution >= 0.6 is 15.9 Å². The second-order valence-corrected chi connectivity index (χ2v) is 4.94. The number of nitrogens with two attached hydrogens (primary N) is 1. The van der Waals surface area contributed by atoms with Crippen LogP contribution in [0.2, 0.25) is 0 Å². The van der Waals surface area contributed by atoms with Crippen LogP contribution in [-0.2, 0) is 0 Å². The molecule has 0 fully saturated rings. The van der Waals surface area contributed by atoms with E-state index in [0.29, 0.717) is 5.69 Å². The van der Waals surface area contributed by atoms with Gasteiger partial charge in [0.05, 0.1) is 9.40 Å². The molecule has 0 radical (unpaired) electrons. The Bertz CT molecular complexity index is 737. The van der Waals surface area contributed by atoms with Crippen molar-refractivity contribution in [3.05, 3.63) is 62.4 Å². The average Bonchev–Trinajstić information content (AvgIpc) is 2.42. The second kappa shape index (κ2) is 5.88. The standard InChI is InChI=1S/C13H9BrFN3O3/c14-9-6-7(4-5-10(9)15)17-13(19)8-2-1-3-11(16)12(8)18(20)21/h1-6H,16H2,(H,17,19). The van der Waals surface area contributed by atoms with Crippen LogP contribution in [0.4, 0.5) is 21.5 Å². The van der Waals surface area contributed by atoms with Crippen LogP contribution in [0.5, 0.6) is 0 Å². The Kier molecular flexibility index (Phi) is 4.18. The third kappa shape index (κ3) is 3.16. The SMILES string of the molecule is Nc1cccc(C(=O)Nc2ccc(F)c(Br)c2)c1[N+](=O)[O-]. The monoisotopic (exact) mass is 353 g/mol. The van der Waals surface area contributed by atoms with Gasteiger partial charge in [0.2, 0.25) is 0 Å². The number of nitrogens with zero attached hydrogens (tertiary/aromatic N) is 1. The van der Waals surface area contributed by atoms with Crippen molar-refractivity contribution < 1.29 is 14.1 Å². The molecule has 2 rings (SSSR count). The highest BCUT2D eigenvalue weighted by Crippen LogP contribution is 2.27. The number of rotatable bonds is 3. The van der Waals surface area contributed by atoms with Crippen LogP contribution in [0.15, 0.2) is 40.9 Å². The minimum atomic E-state index is -0.717. The fraction of sp³-hybridized carbons (Fsp3) is 0. The number of nitro benzene ring substituents is 1. The molecular weight excluding hydrogens is 345 g/mol. The van der Waals surface area contributed by atoms with Crippen molar-refractivity contribution in [1.29, 1.82) is 0 Å². The zero-order chi connectivity index (χ0) is 15.6. The largest absolute Gasteiger partial charge is 0.393 e. The zero-order valence-corrected chi connectivity index (χ0v) is 12.1. The van der Waals surface area contributed by atoms with E-state index in [9.17, 15) is 19.3 Å². The van der Waals surface area contributed by atoms with E-state index in [0.717, 1.165) is 6.07 Å². The molecule has 2 aromatic carbocycles. The van der Waals surface area contributed by atoms with Gasteiger partial charge in [-0.15, -0.1) is 0 Å². The Morgan fingerprint density at radius 1 is 1.33 bits per heavy atom. The molecule has 0 aliphatic rings. The van der Waals surface area contributed by atoms with Crippen molar-refractivity contribution in [2.24, 2.45) is 0 Å². The molecule has 3 N–H and O–H groups in total. The van der Waals surface area contributed by atoms with Crippen LogP contribution in [0.1, 0.15) is 10.4 Å². The molecule has 0 spiro atoms. The number of benzene rings is 2. The summed E-state index contributed by atoms with van der Waals surface area (Å²) in [6.45, 7) is 0. The number of hydrogen-bond acceptors (Lipinski definition) is 4. The van der Waals surface area contributed by atoms with E-state index < -0.39 is 22.3 Å². The number of carbonyl (C=O) groups is 1. The number of hydrogen-bond donors (Lipinski definition) is 2. The average molecular weight is 354 g/mol. The van der Waals surface area contributed by atoms with Gasteiger partial charge in [0.1, 0.15) is 17.1 Å². The first-order valence-corrected chi connectivity index (χ1v) is 6.48. The van der Waals surface area contributed by atoms with Crippen molar-refractivity contribution in [1.82, 2.24) is 0 Å². The van der Waals surface area contributed by atoms with Gasteiger partial charge in [-0.2, -0.15) is 0 Å². The first-order valence-electron chi connectivity index (χ1n) is 5.69. The highest BCUT2D eigenvalue weighted by atomic mass is 79.9. The van der Waals surface area contributed by atoms with E-state index >= 15 is 0 Å². The van der Waals surface area contributed by atoms with Gasteiger partial charge in [0.25, 0.3) is 5.91 Å². The Morgan fingerprint density at radius 2 is 2.05 bits per heavy atom. The highest BCUT2D eigenvalue weighted by Gasteiger charge is 2.23. The summed E-state index contributed by atoms with van der Waals surface area (Å²) in [5, 5.41) is 13.4. The third-order valence-electron chi connectivity index (χ3n) is 2.67. The van der Waals surface area contributed by atoms with Gasteiger partial charge >= 0.3 is 5.69 Å². The molecule has 0 aliphatic carbocycles. The van der Waals surface area contributed by atoms with Crippen molar-refractivity contribution in [3.8, 4) is 0 Å². The summed E-state index contributed by atoms with van der Waals surface area (Å²) in [7, 11) is 0. The topological polar surface area (TPSA) is 98.3 Å². The molecule has 2 aromatic rings. The number of carbonyl (C=O) groups excluding carboxylic acids is 1. The van der Waals surface area contributed by atoms with Crippen molar-refractivity contribution >= 4 is 38.9 Å². The number of halogens is 2. The van der Waals surface area contributed by atoms with Crippen molar-refractivity contribution in [2.45, 2.75) is 0 Å². The number of nitrogens with one attached hydrogen (secondary N) is 1. The Balaban J connectivity index is 2.35. The lowest BCUT2D eigenvalue weighted by atomic mass is 10.1. The van der Waals surface area contributed by atoms with E-state index in [1.54, 1.807) is 0 Å². The Hall–Kier alpha value is -2.48. The molecule has 108 valence electrons. The minimum Gasteiger partial charge on any atom is -0.393 e. The smallest absolute Gasteiger partial charge is 0.304 e. The summed E-state index contributed by atoms with van der Waals surface area (Å²) in [6, 6.07) is 7.93. The first-order chi connectivity index (χ1) is 9.90. The van der Waals surface area contributed by atoms with Crippen LogP contribution in [-0.4, -0.2) is 10.8 Å². The lowest BCUT2D eigenvalue weighted by Gasteiger charge is -2.07. The number of nitrogen functional groups attached to an aromatic ring is 1. The molecule has 0 bridgehead atoms. The van der Waals surface area contributed by atoms with Crippen molar-refractivity contribution in [2.75, 3.05) is 11.1 Å². The Morgan fingerprint density at radius 3 is 2.67 bits per heavy atom. The second-order valence-electron chi connectivity index (χ2n) is 4.08. The van der Waals surface area contributed by atoms with E-state index in [1.165, 1.54) is 30.3 Å². The summed E-state index contributed by atoms with van der Waals surface area (Å²) < 4.78 is 13.3. The van der Waals surface area contributed by atoms with E-state index in [2.05, 4.69) is 21.2 Å². The molecule has 0 heterocycles. The summed E-state index contributed by atoms with van der Waals surface area (Å²) in [5.74, 6) is -1.18. The molecule has 8 heteroatoms. The van der Waals surface area contributed by atoms with Crippen LogP contribution in [0.25, 0.3) is 0 Å². The molecular formula is C13H9BrFN3O3. The Labute approximate surface area is 127 Å². The molecule has 0 saturated heterocycles. The highest BCUT2D eigenvalue weighted by molar-refractivity contribution is 9.10. The van der Waals surface area contributed by atoms with Crippen LogP contribution in [0, 0.1) is 15.9 Å². The van der Waals surface area contributed by atoms with Gasteiger partial charge in [0, 0.05) is 5.69 Å². The zero-order valence-electron chi connectivity index (χ0n) is 10.5. The van der Waals surface area contributed by atoms with Crippen molar-refractivity contribution in [3.63, 3.8) is 0 Å². The normalized spacial score (nSPS) is 10.2. The molecule has 0 aromatic heterocycles. The van der Waals surface area contributed by atoms with Gasteiger partial charge in [-0.3, -0.25) is 14.9 Å². The first kappa shape index (κ1) is 14.9. The predicted octanol–water partition coefficient (Wildman–Crippen LogP) is 3.33. The van der Waals surface area contributed by atoms with E-state index in [1.807, 2.05) is 0 Å². The number of para-hydroxylation sites is 1. The summed E-state index contributed by atoms with van der Waals surface area (Å²) in [4.78, 5) is 22.4. The summed E-state index contributed by atoms with van der Waals surface area (Å²) in [5.41, 5.74) is 5.08. The lowest BCUT2D eigenvalue weighted by molar-refractivity contribution is -0.384. The minimum absolute atomic E-state index is 0.104. The molecule has 0 saturated carbocycles. The number of amides is 1. The van der Waals surface area contributed by atoms with E-state index in [-0.39, 0.29) is 15.7 Å². The molecule has 0 atom stereocenters. The molecule has 0 aliphatic heterocycles. The molecule has 0 unspecified atom stereocenters. The number of anilines is 2. The predicted molar refractivity (Wildman–Crippen MR) is 79.6 cm³/mol. The molecule has 6 nitrogen and oxygen atoms in total.